The zero-order chi connectivity index (χ0) is 29.4. The molecular formula is C30H31F2N3O5S. The molecule has 0 radical (unpaired) electrons. The molecule has 4 aromatic rings. The predicted octanol–water partition coefficient (Wildman–Crippen LogP) is 4.41. The Morgan fingerprint density at radius 3 is 2.39 bits per heavy atom. The van der Waals surface area contributed by atoms with Crippen LogP contribution >= 0.6 is 0 Å². The van der Waals surface area contributed by atoms with Crippen LogP contribution in [0.2, 0.25) is 0 Å². The number of hydrogen-bond donors (Lipinski definition) is 4. The summed E-state index contributed by atoms with van der Waals surface area (Å²) >= 11 is 0. The Bertz CT molecular complexity index is 1560. The number of halogens is 2. The minimum atomic E-state index is -3.93. The molecule has 4 N–H and O–H groups in total. The fraction of sp³-hybridized carbons (Fsp3) is 0.233. The molecule has 0 fully saturated rings. The molecule has 0 aliphatic rings. The van der Waals surface area contributed by atoms with Crippen molar-refractivity contribution < 1.29 is 31.5 Å². The van der Waals surface area contributed by atoms with Crippen LogP contribution in [-0.4, -0.2) is 38.1 Å². The van der Waals surface area contributed by atoms with E-state index < -0.39 is 39.7 Å². The Labute approximate surface area is 237 Å². The van der Waals surface area contributed by atoms with Gasteiger partial charge in [-0.1, -0.05) is 37.3 Å². The minimum Gasteiger partial charge on any atom is -0.471 e. The lowest BCUT2D eigenvalue weighted by Crippen LogP contribution is -2.48. The van der Waals surface area contributed by atoms with E-state index in [2.05, 4.69) is 28.3 Å². The Balaban J connectivity index is 1.48. The normalized spacial score (nSPS) is 13.0. The van der Waals surface area contributed by atoms with E-state index in [1.165, 1.54) is 42.2 Å². The van der Waals surface area contributed by atoms with Gasteiger partial charge in [-0.25, -0.2) is 17.2 Å². The van der Waals surface area contributed by atoms with Crippen LogP contribution in [0.25, 0.3) is 0 Å². The van der Waals surface area contributed by atoms with Gasteiger partial charge in [0, 0.05) is 30.4 Å². The zero-order valence-electron chi connectivity index (χ0n) is 22.3. The fourth-order valence-corrected chi connectivity index (χ4v) is 5.30. The number of carbonyl (C=O) groups is 1. The predicted molar refractivity (Wildman–Crippen MR) is 151 cm³/mol. The lowest BCUT2D eigenvalue weighted by Gasteiger charge is -2.25. The minimum absolute atomic E-state index is 0.0542. The van der Waals surface area contributed by atoms with Crippen LogP contribution in [0.4, 0.5) is 14.5 Å². The van der Waals surface area contributed by atoms with Gasteiger partial charge in [0.2, 0.25) is 0 Å². The number of benzene rings is 3. The third-order valence-electron chi connectivity index (χ3n) is 6.42. The van der Waals surface area contributed by atoms with Crippen molar-refractivity contribution >= 4 is 21.6 Å². The second-order valence-corrected chi connectivity index (χ2v) is 11.3. The van der Waals surface area contributed by atoms with Crippen molar-refractivity contribution in [3.63, 3.8) is 0 Å². The van der Waals surface area contributed by atoms with E-state index in [0.29, 0.717) is 6.54 Å². The summed E-state index contributed by atoms with van der Waals surface area (Å²) in [5.74, 6) is -2.15. The monoisotopic (exact) mass is 583 g/mol. The van der Waals surface area contributed by atoms with Crippen LogP contribution in [0, 0.1) is 11.6 Å². The van der Waals surface area contributed by atoms with Crippen molar-refractivity contribution in [3.8, 4) is 0 Å². The molecule has 0 bridgehead atoms. The van der Waals surface area contributed by atoms with Crippen molar-refractivity contribution in [2.75, 3.05) is 11.3 Å². The molecule has 0 saturated carbocycles. The first-order chi connectivity index (χ1) is 19.6. The van der Waals surface area contributed by atoms with Gasteiger partial charge in [-0.15, -0.1) is 0 Å². The number of carbonyl (C=O) groups excluding carboxylic acids is 1. The Morgan fingerprint density at radius 2 is 1.68 bits per heavy atom. The molecular weight excluding hydrogens is 552 g/mol. The molecule has 1 amide bonds. The number of aliphatic hydroxyl groups is 1. The molecule has 0 saturated heterocycles. The third-order valence-corrected chi connectivity index (χ3v) is 7.78. The first-order valence-electron chi connectivity index (χ1n) is 13.0. The molecule has 1 aromatic heterocycles. The quantitative estimate of drug-likeness (QED) is 0.185. The standard InChI is InChI=1S/C30H31F2N3O5S/c1-2-20-5-3-6-21(11-20)17-33-18-29(36)28(14-22-12-24(31)16-25(32)13-22)34-30(37)23-7-4-8-26(15-23)35-41(38,39)27-9-10-40-19-27/h3-13,15-16,19,28-29,33,35-36H,2,14,17-18H2,1H3,(H,34,37)/t28-,29+/m0/s1. The van der Waals surface area contributed by atoms with Gasteiger partial charge in [0.15, 0.2) is 0 Å². The summed E-state index contributed by atoms with van der Waals surface area (Å²) in [4.78, 5) is 13.1. The fourth-order valence-electron chi connectivity index (χ4n) is 4.33. The topological polar surface area (TPSA) is 121 Å². The second-order valence-electron chi connectivity index (χ2n) is 9.58. The molecule has 1 heterocycles. The summed E-state index contributed by atoms with van der Waals surface area (Å²) in [5.41, 5.74) is 2.71. The highest BCUT2D eigenvalue weighted by Gasteiger charge is 2.24. The summed E-state index contributed by atoms with van der Waals surface area (Å²) in [7, 11) is -3.93. The van der Waals surface area contributed by atoms with Crippen molar-refractivity contribution in [1.82, 2.24) is 10.6 Å². The molecule has 11 heteroatoms. The maximum absolute atomic E-state index is 13.9. The summed E-state index contributed by atoms with van der Waals surface area (Å²) in [6.07, 6.45) is 2.02. The SMILES string of the molecule is CCc1cccc(CNC[C@@H](O)[C@H](Cc2cc(F)cc(F)c2)NC(=O)c2cccc(NS(=O)(=O)c3ccoc3)c2)c1. The molecule has 0 aliphatic heterocycles. The largest absolute Gasteiger partial charge is 0.471 e. The van der Waals surface area contributed by atoms with Gasteiger partial charge in [-0.3, -0.25) is 9.52 Å². The van der Waals surface area contributed by atoms with Gasteiger partial charge in [-0.2, -0.15) is 0 Å². The summed E-state index contributed by atoms with van der Waals surface area (Å²) in [5, 5.41) is 16.9. The van der Waals surface area contributed by atoms with Gasteiger partial charge in [-0.05, 0) is 65.9 Å². The first kappa shape index (κ1) is 29.9. The second kappa shape index (κ2) is 13.5. The number of anilines is 1. The average Bonchev–Trinajstić information content (AvgIpc) is 3.49. The van der Waals surface area contributed by atoms with E-state index in [1.807, 2.05) is 18.2 Å². The maximum Gasteiger partial charge on any atom is 0.265 e. The lowest BCUT2D eigenvalue weighted by molar-refractivity contribution is 0.0830. The van der Waals surface area contributed by atoms with Crippen molar-refractivity contribution in [2.24, 2.45) is 0 Å². The molecule has 0 spiro atoms. The number of sulfonamides is 1. The van der Waals surface area contributed by atoms with Gasteiger partial charge in [0.1, 0.15) is 22.8 Å². The van der Waals surface area contributed by atoms with E-state index in [-0.39, 0.29) is 34.7 Å². The van der Waals surface area contributed by atoms with Crippen molar-refractivity contribution in [2.45, 2.75) is 43.4 Å². The van der Waals surface area contributed by atoms with Crippen LogP contribution in [-0.2, 0) is 29.4 Å². The molecule has 41 heavy (non-hydrogen) atoms. The van der Waals surface area contributed by atoms with Crippen molar-refractivity contribution in [3.05, 3.63) is 119 Å². The van der Waals surface area contributed by atoms with Gasteiger partial charge in [0.05, 0.1) is 18.4 Å². The van der Waals surface area contributed by atoms with Crippen LogP contribution in [0.1, 0.15) is 34.0 Å². The van der Waals surface area contributed by atoms with Gasteiger partial charge < -0.3 is 20.2 Å². The Morgan fingerprint density at radius 1 is 0.951 bits per heavy atom. The molecule has 0 aliphatic carbocycles. The molecule has 8 nitrogen and oxygen atoms in total. The van der Waals surface area contributed by atoms with Crippen LogP contribution in [0.3, 0.4) is 0 Å². The first-order valence-corrected chi connectivity index (χ1v) is 14.5. The van der Waals surface area contributed by atoms with Crippen LogP contribution in [0.15, 0.2) is 94.6 Å². The number of amides is 1. The van der Waals surface area contributed by atoms with Gasteiger partial charge >= 0.3 is 0 Å². The smallest absolute Gasteiger partial charge is 0.265 e. The van der Waals surface area contributed by atoms with E-state index in [0.717, 1.165) is 36.4 Å². The molecule has 4 rings (SSSR count). The molecule has 216 valence electrons. The molecule has 2 atom stereocenters. The number of nitrogens with one attached hydrogen (secondary N) is 3. The highest BCUT2D eigenvalue weighted by molar-refractivity contribution is 7.92. The summed E-state index contributed by atoms with van der Waals surface area (Å²) < 4.78 is 60.0. The van der Waals surface area contributed by atoms with E-state index in [4.69, 9.17) is 4.42 Å². The summed E-state index contributed by atoms with van der Waals surface area (Å²) in [6, 6.07) is 17.2. The van der Waals surface area contributed by atoms with E-state index in [1.54, 1.807) is 0 Å². The summed E-state index contributed by atoms with van der Waals surface area (Å²) in [6.45, 7) is 2.62. The lowest BCUT2D eigenvalue weighted by atomic mass is 10.00. The Kier molecular flexibility index (Phi) is 9.87. The van der Waals surface area contributed by atoms with Crippen LogP contribution in [0.5, 0.6) is 0 Å². The number of aliphatic hydroxyl groups excluding tert-OH is 1. The zero-order valence-corrected chi connectivity index (χ0v) is 23.1. The van der Waals surface area contributed by atoms with Crippen molar-refractivity contribution in [1.29, 1.82) is 0 Å². The maximum atomic E-state index is 13.9. The molecule has 3 aromatic carbocycles. The average molecular weight is 584 g/mol. The van der Waals surface area contributed by atoms with Crippen LogP contribution < -0.4 is 15.4 Å². The number of rotatable bonds is 13. The van der Waals surface area contributed by atoms with E-state index >= 15 is 0 Å². The number of hydrogen-bond acceptors (Lipinski definition) is 6. The molecule has 0 unspecified atom stereocenters. The highest BCUT2D eigenvalue weighted by atomic mass is 32.2. The Hall–Kier alpha value is -4.06. The number of aryl methyl sites for hydroxylation is 1. The number of furan rings is 1. The van der Waals surface area contributed by atoms with E-state index in [9.17, 15) is 27.1 Å². The third kappa shape index (κ3) is 8.46. The highest BCUT2D eigenvalue weighted by Crippen LogP contribution is 2.18. The van der Waals surface area contributed by atoms with Gasteiger partial charge in [0.25, 0.3) is 15.9 Å².